The van der Waals surface area contributed by atoms with Crippen LogP contribution in [0.25, 0.3) is 10.9 Å². The van der Waals surface area contributed by atoms with Crippen LogP contribution in [0.5, 0.6) is 0 Å². The zero-order valence-electron chi connectivity index (χ0n) is 12.5. The van der Waals surface area contributed by atoms with E-state index in [-0.39, 0.29) is 24.8 Å². The second kappa shape index (κ2) is 8.04. The Morgan fingerprint density at radius 1 is 1.19 bits per heavy atom. The number of hydrogen-bond acceptors (Lipinski definition) is 2. The largest absolute Gasteiger partial charge is 0.344 e. The summed E-state index contributed by atoms with van der Waals surface area (Å²) in [5.74, 6) is 0. The summed E-state index contributed by atoms with van der Waals surface area (Å²) in [5, 5.41) is 1.44. The van der Waals surface area contributed by atoms with E-state index in [1.165, 1.54) is 23.9 Å². The fourth-order valence-corrected chi connectivity index (χ4v) is 3.23. The molecule has 21 heavy (non-hydrogen) atoms. The Kier molecular flexibility index (Phi) is 7.01. The van der Waals surface area contributed by atoms with E-state index in [2.05, 4.69) is 40.7 Å². The quantitative estimate of drug-likeness (QED) is 0.934. The molecule has 3 rings (SSSR count). The Morgan fingerprint density at radius 2 is 1.95 bits per heavy atom. The lowest BCUT2D eigenvalue weighted by Crippen LogP contribution is -2.30. The molecule has 1 aromatic heterocycles. The van der Waals surface area contributed by atoms with E-state index in [1.54, 1.807) is 11.3 Å². The van der Waals surface area contributed by atoms with E-state index >= 15 is 0 Å². The zero-order chi connectivity index (χ0) is 13.2. The predicted molar refractivity (Wildman–Crippen MR) is 94.8 cm³/mol. The Hall–Kier alpha value is -0.740. The average Bonchev–Trinajstić information content (AvgIpc) is 2.78. The molecule has 0 unspecified atom stereocenters. The SMILES string of the molecule is CCN1CCc2c(c3ccccc3n2CCCN)C1.Cl.Cl. The molecule has 0 saturated carbocycles. The van der Waals surface area contributed by atoms with E-state index in [9.17, 15) is 0 Å². The molecule has 3 nitrogen and oxygen atoms in total. The van der Waals surface area contributed by atoms with E-state index in [0.29, 0.717) is 0 Å². The molecule has 0 fully saturated rings. The van der Waals surface area contributed by atoms with Gasteiger partial charge in [-0.3, -0.25) is 4.90 Å². The molecule has 0 radical (unpaired) electrons. The van der Waals surface area contributed by atoms with Crippen LogP contribution in [-0.2, 0) is 19.5 Å². The Bertz CT molecular complexity index is 547. The Labute approximate surface area is 139 Å². The number of fused-ring (bicyclic) bond motifs is 3. The van der Waals surface area contributed by atoms with E-state index in [4.69, 9.17) is 5.73 Å². The van der Waals surface area contributed by atoms with Gasteiger partial charge in [-0.25, -0.2) is 0 Å². The lowest BCUT2D eigenvalue weighted by Gasteiger charge is -2.26. The average molecular weight is 330 g/mol. The van der Waals surface area contributed by atoms with Gasteiger partial charge < -0.3 is 10.3 Å². The minimum absolute atomic E-state index is 0. The van der Waals surface area contributed by atoms with Gasteiger partial charge in [-0.05, 0) is 31.1 Å². The van der Waals surface area contributed by atoms with E-state index in [1.807, 2.05) is 0 Å². The van der Waals surface area contributed by atoms with Crippen LogP contribution in [0.15, 0.2) is 24.3 Å². The van der Waals surface area contributed by atoms with Crippen molar-refractivity contribution < 1.29 is 0 Å². The van der Waals surface area contributed by atoms with Gasteiger partial charge in [-0.1, -0.05) is 25.1 Å². The number of hydrogen-bond donors (Lipinski definition) is 1. The highest BCUT2D eigenvalue weighted by atomic mass is 35.5. The summed E-state index contributed by atoms with van der Waals surface area (Å²) in [7, 11) is 0. The van der Waals surface area contributed by atoms with Gasteiger partial charge in [-0.2, -0.15) is 0 Å². The highest BCUT2D eigenvalue weighted by molar-refractivity contribution is 5.86. The van der Waals surface area contributed by atoms with Crippen molar-refractivity contribution in [2.45, 2.75) is 32.9 Å². The van der Waals surface area contributed by atoms with Gasteiger partial charge in [0.15, 0.2) is 0 Å². The van der Waals surface area contributed by atoms with Gasteiger partial charge >= 0.3 is 0 Å². The number of rotatable bonds is 4. The maximum atomic E-state index is 5.69. The molecular formula is C16H25Cl2N3. The summed E-state index contributed by atoms with van der Waals surface area (Å²) in [5.41, 5.74) is 10.2. The molecule has 0 aliphatic carbocycles. The predicted octanol–water partition coefficient (Wildman–Crippen LogP) is 3.21. The zero-order valence-corrected chi connectivity index (χ0v) is 14.2. The molecule has 0 bridgehead atoms. The molecular weight excluding hydrogens is 305 g/mol. The molecule has 0 saturated heterocycles. The van der Waals surface area contributed by atoms with Crippen molar-refractivity contribution in [3.63, 3.8) is 0 Å². The van der Waals surface area contributed by atoms with Gasteiger partial charge in [-0.15, -0.1) is 24.8 Å². The van der Waals surface area contributed by atoms with Crippen LogP contribution >= 0.6 is 24.8 Å². The second-order valence-electron chi connectivity index (χ2n) is 5.36. The van der Waals surface area contributed by atoms with Crippen LogP contribution < -0.4 is 5.73 Å². The Morgan fingerprint density at radius 3 is 2.67 bits per heavy atom. The normalized spacial score (nSPS) is 14.4. The van der Waals surface area contributed by atoms with Crippen molar-refractivity contribution in [2.75, 3.05) is 19.6 Å². The number of nitrogens with zero attached hydrogens (tertiary/aromatic N) is 2. The van der Waals surface area contributed by atoms with Gasteiger partial charge in [0.1, 0.15) is 0 Å². The number of halogens is 2. The molecule has 118 valence electrons. The number of para-hydroxylation sites is 1. The lowest BCUT2D eigenvalue weighted by molar-refractivity contribution is 0.265. The van der Waals surface area contributed by atoms with Crippen LogP contribution in [0.1, 0.15) is 24.6 Å². The third kappa shape index (κ3) is 3.37. The summed E-state index contributed by atoms with van der Waals surface area (Å²) >= 11 is 0. The number of nitrogens with two attached hydrogens (primary N) is 1. The molecule has 1 aliphatic rings. The summed E-state index contributed by atoms with van der Waals surface area (Å²) in [6, 6.07) is 8.82. The Balaban J connectivity index is 0.00000110. The molecule has 1 aromatic carbocycles. The number of benzene rings is 1. The second-order valence-corrected chi connectivity index (χ2v) is 5.36. The number of likely N-dealkylation sites (N-methyl/N-ethyl adjacent to an activating group) is 1. The van der Waals surface area contributed by atoms with E-state index < -0.39 is 0 Å². The molecule has 0 amide bonds. The third-order valence-electron chi connectivity index (χ3n) is 4.27. The molecule has 1 aliphatic heterocycles. The molecule has 0 spiro atoms. The first-order valence-electron chi connectivity index (χ1n) is 7.36. The summed E-state index contributed by atoms with van der Waals surface area (Å²) in [4.78, 5) is 2.53. The van der Waals surface area contributed by atoms with Crippen molar-refractivity contribution in [3.8, 4) is 0 Å². The van der Waals surface area contributed by atoms with Gasteiger partial charge in [0.2, 0.25) is 0 Å². The summed E-state index contributed by atoms with van der Waals surface area (Å²) in [6.45, 7) is 7.49. The van der Waals surface area contributed by atoms with Crippen LogP contribution in [0, 0.1) is 0 Å². The number of aromatic nitrogens is 1. The smallest absolute Gasteiger partial charge is 0.0485 e. The molecule has 5 heteroatoms. The molecule has 2 aromatic rings. The maximum Gasteiger partial charge on any atom is 0.0485 e. The van der Waals surface area contributed by atoms with Gasteiger partial charge in [0.25, 0.3) is 0 Å². The minimum Gasteiger partial charge on any atom is -0.344 e. The lowest BCUT2D eigenvalue weighted by atomic mass is 10.0. The van der Waals surface area contributed by atoms with Crippen molar-refractivity contribution >= 4 is 35.7 Å². The first-order chi connectivity index (χ1) is 9.35. The van der Waals surface area contributed by atoms with Crippen molar-refractivity contribution in [3.05, 3.63) is 35.5 Å². The summed E-state index contributed by atoms with van der Waals surface area (Å²) in [6.07, 6.45) is 2.23. The van der Waals surface area contributed by atoms with Crippen LogP contribution in [-0.4, -0.2) is 29.1 Å². The first kappa shape index (κ1) is 18.3. The monoisotopic (exact) mass is 329 g/mol. The molecule has 2 N–H and O–H groups in total. The standard InChI is InChI=1S/C16H23N3.2ClH/c1-2-18-11-8-16-14(12-18)13-6-3-4-7-15(13)19(16)10-5-9-17;;/h3-4,6-7H,2,5,8-12,17H2,1H3;2*1H. The molecule has 0 atom stereocenters. The highest BCUT2D eigenvalue weighted by Crippen LogP contribution is 2.30. The topological polar surface area (TPSA) is 34.2 Å². The van der Waals surface area contributed by atoms with Crippen molar-refractivity contribution in [2.24, 2.45) is 5.73 Å². The van der Waals surface area contributed by atoms with Gasteiger partial charge in [0.05, 0.1) is 0 Å². The molecule has 2 heterocycles. The third-order valence-corrected chi connectivity index (χ3v) is 4.27. The van der Waals surface area contributed by atoms with E-state index in [0.717, 1.165) is 32.6 Å². The minimum atomic E-state index is 0. The fourth-order valence-electron chi connectivity index (χ4n) is 3.23. The van der Waals surface area contributed by atoms with Crippen LogP contribution in [0.4, 0.5) is 0 Å². The van der Waals surface area contributed by atoms with Crippen LogP contribution in [0.2, 0.25) is 0 Å². The summed E-state index contributed by atoms with van der Waals surface area (Å²) < 4.78 is 2.50. The fraction of sp³-hybridized carbons (Fsp3) is 0.500. The highest BCUT2D eigenvalue weighted by Gasteiger charge is 2.22. The van der Waals surface area contributed by atoms with Crippen LogP contribution in [0.3, 0.4) is 0 Å². The maximum absolute atomic E-state index is 5.69. The van der Waals surface area contributed by atoms with Crippen molar-refractivity contribution in [1.82, 2.24) is 9.47 Å². The first-order valence-corrected chi connectivity index (χ1v) is 7.36. The van der Waals surface area contributed by atoms with Gasteiger partial charge in [0, 0.05) is 42.7 Å². The number of aryl methyl sites for hydroxylation is 1. The van der Waals surface area contributed by atoms with Crippen molar-refractivity contribution in [1.29, 1.82) is 0 Å².